The molecular weight excluding hydrogens is 468 g/mol. The molecule has 38 heavy (non-hydrogen) atoms. The standard InChI is InChI=1S/C34H36N2O2/c1-7-35-34(38)30-23(6)36-28-18-27(33(37)32(28)31(30)25-14-10-20(3)11-15-25)17-26-16-21(4)29(22(26)5)24-12-8-19(2)9-13-24/h8-17,29,31-32H,7,18H2,1-6H3,(H,35,38)/b27-17+. The summed E-state index contributed by atoms with van der Waals surface area (Å²) in [6, 6.07) is 16.9. The van der Waals surface area contributed by atoms with E-state index in [1.165, 1.54) is 22.3 Å². The van der Waals surface area contributed by atoms with E-state index < -0.39 is 5.92 Å². The Morgan fingerprint density at radius 2 is 1.53 bits per heavy atom. The number of hydrogen-bond acceptors (Lipinski definition) is 3. The average Bonchev–Trinajstić information content (AvgIpc) is 3.34. The number of aliphatic imine (C=N–C) groups is 1. The molecule has 0 saturated heterocycles. The molecule has 1 heterocycles. The summed E-state index contributed by atoms with van der Waals surface area (Å²) < 4.78 is 0. The maximum Gasteiger partial charge on any atom is 0.249 e. The average molecular weight is 505 g/mol. The van der Waals surface area contributed by atoms with E-state index in [2.05, 4.69) is 62.5 Å². The van der Waals surface area contributed by atoms with E-state index in [0.29, 0.717) is 24.2 Å². The predicted molar refractivity (Wildman–Crippen MR) is 154 cm³/mol. The zero-order chi connectivity index (χ0) is 27.1. The molecule has 2 aromatic carbocycles. The Hall–Kier alpha value is -3.79. The number of rotatable bonds is 5. The maximum absolute atomic E-state index is 14.0. The molecule has 0 spiro atoms. The number of carbonyl (C=O) groups excluding carboxylic acids is 2. The van der Waals surface area contributed by atoms with Gasteiger partial charge in [0.05, 0.1) is 5.92 Å². The number of fused-ring (bicyclic) bond motifs is 1. The summed E-state index contributed by atoms with van der Waals surface area (Å²) in [4.78, 5) is 32.1. The molecule has 194 valence electrons. The SMILES string of the molecule is CCNC(=O)C1=C(C)N=C2C/C(=C\C3=C(C)C(c4ccc(C)cc4)C(C)=C3)C(=O)C2C1c1ccc(C)cc1. The van der Waals surface area contributed by atoms with Gasteiger partial charge in [0, 0.05) is 47.4 Å². The van der Waals surface area contributed by atoms with Gasteiger partial charge in [0.2, 0.25) is 5.91 Å². The molecule has 1 amide bonds. The van der Waals surface area contributed by atoms with Crippen LogP contribution in [0.15, 0.2) is 99.2 Å². The number of amides is 1. The Labute approximate surface area is 226 Å². The highest BCUT2D eigenvalue weighted by molar-refractivity contribution is 6.23. The van der Waals surface area contributed by atoms with E-state index in [-0.39, 0.29) is 23.5 Å². The molecule has 0 aromatic heterocycles. The number of allylic oxidation sites excluding steroid dienone is 7. The summed E-state index contributed by atoms with van der Waals surface area (Å²) in [5.74, 6) is -0.631. The van der Waals surface area contributed by atoms with Crippen molar-refractivity contribution in [3.8, 4) is 0 Å². The van der Waals surface area contributed by atoms with Gasteiger partial charge in [-0.15, -0.1) is 0 Å². The molecule has 1 fully saturated rings. The van der Waals surface area contributed by atoms with Gasteiger partial charge in [-0.3, -0.25) is 14.6 Å². The molecule has 2 aromatic rings. The molecule has 0 radical (unpaired) electrons. The number of carbonyl (C=O) groups is 2. The molecule has 0 bridgehead atoms. The molecule has 2 aliphatic carbocycles. The third kappa shape index (κ3) is 4.53. The molecule has 3 atom stereocenters. The molecular formula is C34H36N2O2. The molecule has 1 N–H and O–H groups in total. The number of nitrogens with one attached hydrogen (secondary N) is 1. The number of likely N-dealkylation sites (N-methyl/N-ethyl adjacent to an activating group) is 1. The zero-order valence-electron chi connectivity index (χ0n) is 23.2. The smallest absolute Gasteiger partial charge is 0.249 e. The van der Waals surface area contributed by atoms with Crippen molar-refractivity contribution >= 4 is 17.4 Å². The van der Waals surface area contributed by atoms with Crippen molar-refractivity contribution < 1.29 is 9.59 Å². The van der Waals surface area contributed by atoms with Crippen molar-refractivity contribution in [2.24, 2.45) is 10.9 Å². The van der Waals surface area contributed by atoms with Gasteiger partial charge in [-0.05, 0) is 64.3 Å². The third-order valence-electron chi connectivity index (χ3n) is 8.16. The van der Waals surface area contributed by atoms with Crippen LogP contribution >= 0.6 is 0 Å². The van der Waals surface area contributed by atoms with Gasteiger partial charge in [-0.1, -0.05) is 76.9 Å². The fourth-order valence-corrected chi connectivity index (χ4v) is 6.25. The molecule has 4 nitrogen and oxygen atoms in total. The van der Waals surface area contributed by atoms with Crippen LogP contribution in [0.5, 0.6) is 0 Å². The first-order valence-corrected chi connectivity index (χ1v) is 13.5. The Morgan fingerprint density at radius 1 is 0.921 bits per heavy atom. The van der Waals surface area contributed by atoms with E-state index >= 15 is 0 Å². The Bertz CT molecular complexity index is 1460. The van der Waals surface area contributed by atoms with Crippen LogP contribution in [0.3, 0.4) is 0 Å². The number of nitrogens with zero attached hydrogens (tertiary/aromatic N) is 1. The third-order valence-corrected chi connectivity index (χ3v) is 8.16. The summed E-state index contributed by atoms with van der Waals surface area (Å²) >= 11 is 0. The second-order valence-electron chi connectivity index (χ2n) is 10.9. The molecule has 1 saturated carbocycles. The Balaban J connectivity index is 1.54. The summed E-state index contributed by atoms with van der Waals surface area (Å²) in [5, 5.41) is 2.95. The topological polar surface area (TPSA) is 58.5 Å². The molecule has 3 aliphatic rings. The largest absolute Gasteiger partial charge is 0.353 e. The lowest BCUT2D eigenvalue weighted by atomic mass is 9.75. The maximum atomic E-state index is 14.0. The van der Waals surface area contributed by atoms with Crippen molar-refractivity contribution in [1.82, 2.24) is 5.32 Å². The van der Waals surface area contributed by atoms with Crippen molar-refractivity contribution in [1.29, 1.82) is 0 Å². The Kier molecular flexibility index (Phi) is 6.92. The van der Waals surface area contributed by atoms with Crippen molar-refractivity contribution in [2.45, 2.75) is 59.8 Å². The van der Waals surface area contributed by atoms with E-state index in [0.717, 1.165) is 28.0 Å². The molecule has 1 aliphatic heterocycles. The van der Waals surface area contributed by atoms with Crippen LogP contribution in [0.2, 0.25) is 0 Å². The fourth-order valence-electron chi connectivity index (χ4n) is 6.25. The highest BCUT2D eigenvalue weighted by atomic mass is 16.2. The van der Waals surface area contributed by atoms with E-state index in [1.54, 1.807) is 0 Å². The molecule has 5 rings (SSSR count). The van der Waals surface area contributed by atoms with Gasteiger partial charge < -0.3 is 5.32 Å². The first-order chi connectivity index (χ1) is 18.2. The van der Waals surface area contributed by atoms with E-state index in [9.17, 15) is 9.59 Å². The highest BCUT2D eigenvalue weighted by Gasteiger charge is 2.47. The van der Waals surface area contributed by atoms with Crippen LogP contribution in [-0.4, -0.2) is 23.9 Å². The first kappa shape index (κ1) is 25.8. The van der Waals surface area contributed by atoms with E-state index in [4.69, 9.17) is 4.99 Å². The van der Waals surface area contributed by atoms with Crippen LogP contribution < -0.4 is 5.32 Å². The number of benzene rings is 2. The lowest BCUT2D eigenvalue weighted by molar-refractivity contribution is -0.118. The van der Waals surface area contributed by atoms with Crippen molar-refractivity contribution in [3.05, 3.63) is 116 Å². The van der Waals surface area contributed by atoms with Gasteiger partial charge in [-0.25, -0.2) is 0 Å². The minimum Gasteiger partial charge on any atom is -0.353 e. The van der Waals surface area contributed by atoms with Gasteiger partial charge in [0.25, 0.3) is 0 Å². The first-order valence-electron chi connectivity index (χ1n) is 13.5. The lowest BCUT2D eigenvalue weighted by Crippen LogP contribution is -2.36. The summed E-state index contributed by atoms with van der Waals surface area (Å²) in [6.45, 7) is 12.8. The summed E-state index contributed by atoms with van der Waals surface area (Å²) in [6.07, 6.45) is 4.80. The van der Waals surface area contributed by atoms with Crippen LogP contribution in [0.1, 0.15) is 68.2 Å². The van der Waals surface area contributed by atoms with E-state index in [1.807, 2.05) is 45.0 Å². The molecule has 3 unspecified atom stereocenters. The van der Waals surface area contributed by atoms with Crippen LogP contribution in [-0.2, 0) is 9.59 Å². The number of hydrogen-bond donors (Lipinski definition) is 1. The van der Waals surface area contributed by atoms with Crippen LogP contribution in [0, 0.1) is 19.8 Å². The monoisotopic (exact) mass is 504 g/mol. The fraction of sp³-hybridized carbons (Fsp3) is 0.324. The lowest BCUT2D eigenvalue weighted by Gasteiger charge is -2.30. The minimum absolute atomic E-state index is 0.0776. The van der Waals surface area contributed by atoms with Gasteiger partial charge in [0.15, 0.2) is 5.78 Å². The quantitative estimate of drug-likeness (QED) is 0.454. The van der Waals surface area contributed by atoms with Crippen LogP contribution in [0.25, 0.3) is 0 Å². The number of Topliss-reactive ketones (excluding diaryl/α,β-unsaturated/α-hetero) is 1. The number of aryl methyl sites for hydroxylation is 2. The zero-order valence-corrected chi connectivity index (χ0v) is 23.2. The number of ketones is 1. The van der Waals surface area contributed by atoms with Gasteiger partial charge in [0.1, 0.15) is 0 Å². The van der Waals surface area contributed by atoms with Gasteiger partial charge in [-0.2, -0.15) is 0 Å². The second-order valence-corrected chi connectivity index (χ2v) is 10.9. The molecule has 4 heteroatoms. The van der Waals surface area contributed by atoms with Gasteiger partial charge >= 0.3 is 0 Å². The second kappa shape index (κ2) is 10.2. The van der Waals surface area contributed by atoms with Crippen molar-refractivity contribution in [3.63, 3.8) is 0 Å². The highest BCUT2D eigenvalue weighted by Crippen LogP contribution is 2.46. The van der Waals surface area contributed by atoms with Crippen LogP contribution in [0.4, 0.5) is 0 Å². The Morgan fingerprint density at radius 3 is 2.13 bits per heavy atom. The normalized spacial score (nSPS) is 24.1. The predicted octanol–water partition coefficient (Wildman–Crippen LogP) is 6.83. The minimum atomic E-state index is -0.453. The summed E-state index contributed by atoms with van der Waals surface area (Å²) in [5.41, 5.74) is 11.2. The van der Waals surface area contributed by atoms with Crippen molar-refractivity contribution in [2.75, 3.05) is 6.54 Å². The summed E-state index contributed by atoms with van der Waals surface area (Å²) in [7, 11) is 0.